The van der Waals surface area contributed by atoms with Crippen LogP contribution in [0.5, 0.6) is 0 Å². The maximum atomic E-state index is 4.86. The Labute approximate surface area is 169 Å². The molecule has 3 aromatic rings. The Morgan fingerprint density at radius 3 is 2.00 bits per heavy atom. The lowest BCUT2D eigenvalue weighted by atomic mass is 9.93. The number of rotatable bonds is 9. The van der Waals surface area contributed by atoms with Crippen molar-refractivity contribution >= 4 is 0 Å². The first kappa shape index (κ1) is 20.2. The highest BCUT2D eigenvalue weighted by Gasteiger charge is 2.27. The van der Waals surface area contributed by atoms with E-state index in [2.05, 4.69) is 80.5 Å². The van der Waals surface area contributed by atoms with Crippen LogP contribution in [0.4, 0.5) is 0 Å². The summed E-state index contributed by atoms with van der Waals surface area (Å²) in [5, 5.41) is 13.8. The zero-order valence-electron chi connectivity index (χ0n) is 17.7. The SMILES string of the molecule is CCCCc1cccc(CCCC)c1-c1nnn(C(C)(C)c2ccccc2)n1. The summed E-state index contributed by atoms with van der Waals surface area (Å²) in [6, 6.07) is 17.0. The fourth-order valence-corrected chi connectivity index (χ4v) is 3.60. The molecule has 28 heavy (non-hydrogen) atoms. The second-order valence-electron chi connectivity index (χ2n) is 7.99. The first-order valence-electron chi connectivity index (χ1n) is 10.5. The van der Waals surface area contributed by atoms with Crippen molar-refractivity contribution in [2.24, 2.45) is 0 Å². The molecular weight excluding hydrogens is 344 g/mol. The van der Waals surface area contributed by atoms with Crippen LogP contribution in [-0.2, 0) is 18.4 Å². The fraction of sp³-hybridized carbons (Fsp3) is 0.458. The Hall–Kier alpha value is -2.49. The maximum absolute atomic E-state index is 4.86. The molecule has 0 radical (unpaired) electrons. The molecule has 0 aliphatic heterocycles. The van der Waals surface area contributed by atoms with E-state index >= 15 is 0 Å². The van der Waals surface area contributed by atoms with Gasteiger partial charge in [-0.05, 0) is 61.4 Å². The summed E-state index contributed by atoms with van der Waals surface area (Å²) >= 11 is 0. The van der Waals surface area contributed by atoms with Crippen molar-refractivity contribution in [1.82, 2.24) is 20.2 Å². The predicted octanol–water partition coefficient (Wildman–Crippen LogP) is 5.81. The van der Waals surface area contributed by atoms with Gasteiger partial charge in [-0.3, -0.25) is 0 Å². The summed E-state index contributed by atoms with van der Waals surface area (Å²) in [5.74, 6) is 0.752. The Balaban J connectivity index is 2.02. The van der Waals surface area contributed by atoms with E-state index < -0.39 is 0 Å². The molecule has 0 bridgehead atoms. The number of hydrogen-bond donors (Lipinski definition) is 0. The largest absolute Gasteiger partial charge is 0.205 e. The topological polar surface area (TPSA) is 43.6 Å². The average Bonchev–Trinajstić information content (AvgIpc) is 3.22. The minimum Gasteiger partial charge on any atom is -0.154 e. The summed E-state index contributed by atoms with van der Waals surface area (Å²) in [7, 11) is 0. The summed E-state index contributed by atoms with van der Waals surface area (Å²) < 4.78 is 0. The monoisotopic (exact) mass is 376 g/mol. The lowest BCUT2D eigenvalue weighted by Gasteiger charge is -2.23. The second-order valence-corrected chi connectivity index (χ2v) is 7.99. The second kappa shape index (κ2) is 9.13. The number of nitrogens with zero attached hydrogens (tertiary/aromatic N) is 4. The lowest BCUT2D eigenvalue weighted by molar-refractivity contribution is 0.337. The van der Waals surface area contributed by atoms with E-state index in [1.807, 2.05) is 6.07 Å². The third kappa shape index (κ3) is 4.32. The molecule has 4 nitrogen and oxygen atoms in total. The smallest absolute Gasteiger partial charge is 0.154 e. The van der Waals surface area contributed by atoms with Gasteiger partial charge in [-0.2, -0.15) is 4.80 Å². The van der Waals surface area contributed by atoms with E-state index in [9.17, 15) is 0 Å². The van der Waals surface area contributed by atoms with Crippen molar-refractivity contribution in [1.29, 1.82) is 0 Å². The molecule has 0 fully saturated rings. The van der Waals surface area contributed by atoms with Crippen molar-refractivity contribution in [2.45, 2.75) is 71.8 Å². The Morgan fingerprint density at radius 2 is 1.43 bits per heavy atom. The highest BCUT2D eigenvalue weighted by Crippen LogP contribution is 2.29. The molecular formula is C24H32N4. The van der Waals surface area contributed by atoms with Gasteiger partial charge in [0.1, 0.15) is 5.54 Å². The lowest BCUT2D eigenvalue weighted by Crippen LogP contribution is -2.30. The Kier molecular flexibility index (Phi) is 6.61. The number of aromatic nitrogens is 4. The van der Waals surface area contributed by atoms with E-state index in [1.54, 1.807) is 4.80 Å². The molecule has 0 unspecified atom stereocenters. The predicted molar refractivity (Wildman–Crippen MR) is 115 cm³/mol. The molecule has 3 rings (SSSR count). The van der Waals surface area contributed by atoms with Gasteiger partial charge in [0.15, 0.2) is 0 Å². The van der Waals surface area contributed by atoms with Gasteiger partial charge in [-0.1, -0.05) is 75.2 Å². The third-order valence-corrected chi connectivity index (χ3v) is 5.45. The summed E-state index contributed by atoms with van der Waals surface area (Å²) in [5.41, 5.74) is 4.69. The van der Waals surface area contributed by atoms with Crippen LogP contribution in [0.15, 0.2) is 48.5 Å². The van der Waals surface area contributed by atoms with Crippen LogP contribution in [0, 0.1) is 0 Å². The number of unbranched alkanes of at least 4 members (excludes halogenated alkanes) is 2. The van der Waals surface area contributed by atoms with Crippen LogP contribution >= 0.6 is 0 Å². The van der Waals surface area contributed by atoms with Crippen LogP contribution in [0.3, 0.4) is 0 Å². The highest BCUT2D eigenvalue weighted by molar-refractivity contribution is 5.64. The quantitative estimate of drug-likeness (QED) is 0.473. The summed E-state index contributed by atoms with van der Waals surface area (Å²) in [6.07, 6.45) is 6.83. The molecule has 148 valence electrons. The van der Waals surface area contributed by atoms with E-state index in [4.69, 9.17) is 5.10 Å². The van der Waals surface area contributed by atoms with Gasteiger partial charge < -0.3 is 0 Å². The molecule has 4 heteroatoms. The minimum absolute atomic E-state index is 0.353. The van der Waals surface area contributed by atoms with Gasteiger partial charge in [0.05, 0.1) is 0 Å². The van der Waals surface area contributed by atoms with E-state index in [-0.39, 0.29) is 5.54 Å². The van der Waals surface area contributed by atoms with Gasteiger partial charge >= 0.3 is 0 Å². The van der Waals surface area contributed by atoms with Crippen molar-refractivity contribution in [3.63, 3.8) is 0 Å². The van der Waals surface area contributed by atoms with Gasteiger partial charge in [-0.25, -0.2) is 0 Å². The Bertz CT molecular complexity index is 854. The van der Waals surface area contributed by atoms with Gasteiger partial charge in [0, 0.05) is 5.56 Å². The van der Waals surface area contributed by atoms with Crippen molar-refractivity contribution in [2.75, 3.05) is 0 Å². The normalized spacial score (nSPS) is 11.7. The van der Waals surface area contributed by atoms with Crippen LogP contribution in [-0.4, -0.2) is 20.2 Å². The fourth-order valence-electron chi connectivity index (χ4n) is 3.60. The van der Waals surface area contributed by atoms with Gasteiger partial charge in [-0.15, -0.1) is 10.2 Å². The molecule has 0 spiro atoms. The first-order valence-corrected chi connectivity index (χ1v) is 10.5. The van der Waals surface area contributed by atoms with Crippen molar-refractivity contribution in [3.05, 3.63) is 65.2 Å². The van der Waals surface area contributed by atoms with Crippen LogP contribution in [0.1, 0.15) is 70.1 Å². The van der Waals surface area contributed by atoms with Crippen LogP contribution in [0.25, 0.3) is 11.4 Å². The number of benzene rings is 2. The summed E-state index contributed by atoms with van der Waals surface area (Å²) in [6.45, 7) is 8.73. The number of tetrazole rings is 1. The maximum Gasteiger partial charge on any atom is 0.205 e. The molecule has 1 aromatic heterocycles. The number of aryl methyl sites for hydroxylation is 2. The third-order valence-electron chi connectivity index (χ3n) is 5.45. The minimum atomic E-state index is -0.353. The van der Waals surface area contributed by atoms with E-state index in [0.717, 1.165) is 18.7 Å². The zero-order chi connectivity index (χ0) is 20.0. The van der Waals surface area contributed by atoms with Gasteiger partial charge in [0.2, 0.25) is 5.82 Å². The van der Waals surface area contributed by atoms with Gasteiger partial charge in [0.25, 0.3) is 0 Å². The van der Waals surface area contributed by atoms with E-state index in [1.165, 1.54) is 47.9 Å². The highest BCUT2D eigenvalue weighted by atomic mass is 15.6. The Morgan fingerprint density at radius 1 is 0.821 bits per heavy atom. The molecule has 1 heterocycles. The molecule has 0 aliphatic carbocycles. The average molecular weight is 377 g/mol. The van der Waals surface area contributed by atoms with Crippen molar-refractivity contribution < 1.29 is 0 Å². The molecule has 2 aromatic carbocycles. The van der Waals surface area contributed by atoms with E-state index in [0.29, 0.717) is 0 Å². The zero-order valence-corrected chi connectivity index (χ0v) is 17.7. The number of hydrogen-bond acceptors (Lipinski definition) is 3. The molecule has 0 saturated carbocycles. The molecule has 0 saturated heterocycles. The summed E-state index contributed by atoms with van der Waals surface area (Å²) in [4.78, 5) is 1.76. The molecule has 0 aliphatic rings. The molecule has 0 N–H and O–H groups in total. The van der Waals surface area contributed by atoms with Crippen LogP contribution < -0.4 is 0 Å². The van der Waals surface area contributed by atoms with Crippen molar-refractivity contribution in [3.8, 4) is 11.4 Å². The molecule has 0 atom stereocenters. The first-order chi connectivity index (χ1) is 13.6. The standard InChI is InChI=1S/C24H32N4/c1-5-7-13-19-15-12-16-20(14-8-6-2)22(19)23-25-27-28(26-23)24(3,4)21-17-10-9-11-18-21/h9-12,15-18H,5-8,13-14H2,1-4H3. The van der Waals surface area contributed by atoms with Crippen LogP contribution in [0.2, 0.25) is 0 Å². The molecule has 0 amide bonds.